The zero-order valence-electron chi connectivity index (χ0n) is 11.1. The zero-order valence-corrected chi connectivity index (χ0v) is 11.9. The molecular weight excluding hydrogens is 268 g/mol. The van der Waals surface area contributed by atoms with Crippen LogP contribution in [0.5, 0.6) is 5.75 Å². The molecule has 1 aromatic rings. The van der Waals surface area contributed by atoms with E-state index in [9.17, 15) is 9.90 Å². The van der Waals surface area contributed by atoms with Gasteiger partial charge < -0.3 is 15.2 Å². The predicted molar refractivity (Wildman–Crippen MR) is 74.3 cm³/mol. The molecule has 0 aliphatic carbocycles. The van der Waals surface area contributed by atoms with Crippen LogP contribution in [0.1, 0.15) is 5.56 Å². The van der Waals surface area contributed by atoms with E-state index in [1.807, 2.05) is 0 Å². The van der Waals surface area contributed by atoms with E-state index in [1.54, 1.807) is 37.3 Å². The normalized spacial score (nSPS) is 10.7. The topological polar surface area (TPSA) is 61.8 Å². The van der Waals surface area contributed by atoms with Gasteiger partial charge >= 0.3 is 0 Å². The Morgan fingerprint density at radius 1 is 1.53 bits per heavy atom. The van der Waals surface area contributed by atoms with E-state index in [0.717, 1.165) is 0 Å². The minimum absolute atomic E-state index is 0.0823. The molecule has 6 heteroatoms. The van der Waals surface area contributed by atoms with Crippen molar-refractivity contribution in [3.05, 3.63) is 28.8 Å². The number of nitrogens with one attached hydrogen (secondary N) is 1. The summed E-state index contributed by atoms with van der Waals surface area (Å²) in [6.45, 7) is 1.68. The van der Waals surface area contributed by atoms with Gasteiger partial charge in [0.2, 0.25) is 5.91 Å². The number of ether oxygens (including phenoxy) is 1. The van der Waals surface area contributed by atoms with Crippen molar-refractivity contribution in [3.8, 4) is 5.75 Å². The maximum absolute atomic E-state index is 11.6. The fourth-order valence-electron chi connectivity index (χ4n) is 1.62. The average Bonchev–Trinajstić information content (AvgIpc) is 2.34. The van der Waals surface area contributed by atoms with Gasteiger partial charge in [-0.2, -0.15) is 0 Å². The molecule has 5 nitrogen and oxygen atoms in total. The molecule has 0 aliphatic rings. The standard InChI is InChI=1S/C13H19ClN2O3/c1-16(9-13(18)15-5-6-19-2)8-10-7-11(14)3-4-12(10)17/h3-4,7,17H,5-6,8-9H2,1-2H3,(H,15,18). The lowest BCUT2D eigenvalue weighted by Crippen LogP contribution is -2.36. The highest BCUT2D eigenvalue weighted by atomic mass is 35.5. The van der Waals surface area contributed by atoms with Crippen molar-refractivity contribution in [2.24, 2.45) is 0 Å². The number of amides is 1. The number of phenols is 1. The van der Waals surface area contributed by atoms with Crippen LogP contribution in [0.4, 0.5) is 0 Å². The largest absolute Gasteiger partial charge is 0.508 e. The van der Waals surface area contributed by atoms with Crippen LogP contribution >= 0.6 is 11.6 Å². The molecule has 0 radical (unpaired) electrons. The number of carbonyl (C=O) groups is 1. The molecule has 0 fully saturated rings. The number of hydrogen-bond donors (Lipinski definition) is 2. The van der Waals surface area contributed by atoms with E-state index in [0.29, 0.717) is 30.3 Å². The SMILES string of the molecule is COCCNC(=O)CN(C)Cc1cc(Cl)ccc1O. The summed E-state index contributed by atoms with van der Waals surface area (Å²) >= 11 is 5.87. The van der Waals surface area contributed by atoms with E-state index in [2.05, 4.69) is 5.32 Å². The summed E-state index contributed by atoms with van der Waals surface area (Å²) in [6.07, 6.45) is 0. The molecule has 1 amide bonds. The number of carbonyl (C=O) groups excluding carboxylic acids is 1. The maximum atomic E-state index is 11.6. The van der Waals surface area contributed by atoms with Crippen LogP contribution in [0.3, 0.4) is 0 Å². The number of halogens is 1. The van der Waals surface area contributed by atoms with Crippen molar-refractivity contribution in [1.29, 1.82) is 0 Å². The Kier molecular flexibility index (Phi) is 6.62. The molecule has 0 unspecified atom stereocenters. The number of nitrogens with zero attached hydrogens (tertiary/aromatic N) is 1. The number of methoxy groups -OCH3 is 1. The van der Waals surface area contributed by atoms with Gasteiger partial charge in [0.15, 0.2) is 0 Å². The molecule has 19 heavy (non-hydrogen) atoms. The molecule has 2 N–H and O–H groups in total. The average molecular weight is 287 g/mol. The number of benzene rings is 1. The highest BCUT2D eigenvalue weighted by Gasteiger charge is 2.09. The summed E-state index contributed by atoms with van der Waals surface area (Å²) in [7, 11) is 3.39. The molecule has 0 heterocycles. The Morgan fingerprint density at radius 3 is 2.95 bits per heavy atom. The van der Waals surface area contributed by atoms with Crippen LogP contribution in [-0.2, 0) is 16.1 Å². The van der Waals surface area contributed by atoms with Crippen molar-refractivity contribution in [2.45, 2.75) is 6.54 Å². The summed E-state index contributed by atoms with van der Waals surface area (Å²) in [6, 6.07) is 4.86. The molecular formula is C13H19ClN2O3. The van der Waals surface area contributed by atoms with Crippen molar-refractivity contribution in [1.82, 2.24) is 10.2 Å². The van der Waals surface area contributed by atoms with Gasteiger partial charge in [0.05, 0.1) is 13.2 Å². The highest BCUT2D eigenvalue weighted by molar-refractivity contribution is 6.30. The Labute approximate surface area is 118 Å². The number of aromatic hydroxyl groups is 1. The van der Waals surface area contributed by atoms with Gasteiger partial charge in [-0.25, -0.2) is 0 Å². The van der Waals surface area contributed by atoms with Crippen molar-refractivity contribution < 1.29 is 14.6 Å². The third kappa shape index (κ3) is 5.92. The van der Waals surface area contributed by atoms with E-state index in [-0.39, 0.29) is 18.2 Å². The van der Waals surface area contributed by atoms with Crippen molar-refractivity contribution in [2.75, 3.05) is 33.9 Å². The van der Waals surface area contributed by atoms with E-state index >= 15 is 0 Å². The van der Waals surface area contributed by atoms with Gasteiger partial charge in [-0.05, 0) is 25.2 Å². The fourth-order valence-corrected chi connectivity index (χ4v) is 1.82. The minimum atomic E-state index is -0.0823. The summed E-state index contributed by atoms with van der Waals surface area (Å²) in [5.74, 6) is 0.0945. The van der Waals surface area contributed by atoms with Crippen LogP contribution in [-0.4, -0.2) is 49.8 Å². The number of hydrogen-bond acceptors (Lipinski definition) is 4. The summed E-state index contributed by atoms with van der Waals surface area (Å²) in [5.41, 5.74) is 0.694. The van der Waals surface area contributed by atoms with Crippen LogP contribution in [0, 0.1) is 0 Å². The molecule has 0 bridgehead atoms. The Balaban J connectivity index is 2.44. The first-order valence-electron chi connectivity index (χ1n) is 5.94. The predicted octanol–water partition coefficient (Wildman–Crippen LogP) is 1.24. The fraction of sp³-hybridized carbons (Fsp3) is 0.462. The molecule has 0 aliphatic heterocycles. The van der Waals surface area contributed by atoms with Gasteiger partial charge in [-0.15, -0.1) is 0 Å². The van der Waals surface area contributed by atoms with Gasteiger partial charge in [-0.1, -0.05) is 11.6 Å². The number of likely N-dealkylation sites (N-methyl/N-ethyl adjacent to an activating group) is 1. The van der Waals surface area contributed by atoms with Crippen molar-refractivity contribution in [3.63, 3.8) is 0 Å². The van der Waals surface area contributed by atoms with Gasteiger partial charge in [0.1, 0.15) is 5.75 Å². The monoisotopic (exact) mass is 286 g/mol. The van der Waals surface area contributed by atoms with E-state index < -0.39 is 0 Å². The molecule has 0 spiro atoms. The quantitative estimate of drug-likeness (QED) is 0.741. The van der Waals surface area contributed by atoms with E-state index in [4.69, 9.17) is 16.3 Å². The number of phenolic OH excluding ortho intramolecular Hbond substituents is 1. The first-order chi connectivity index (χ1) is 9.02. The summed E-state index contributed by atoms with van der Waals surface area (Å²) < 4.78 is 4.85. The Bertz CT molecular complexity index is 426. The molecule has 1 aromatic carbocycles. The lowest BCUT2D eigenvalue weighted by Gasteiger charge is -2.17. The Hall–Kier alpha value is -1.30. The maximum Gasteiger partial charge on any atom is 0.234 e. The molecule has 0 saturated heterocycles. The summed E-state index contributed by atoms with van der Waals surface area (Å²) in [4.78, 5) is 13.4. The molecule has 106 valence electrons. The second-order valence-electron chi connectivity index (χ2n) is 4.29. The van der Waals surface area contributed by atoms with Crippen LogP contribution < -0.4 is 5.32 Å². The molecule has 1 rings (SSSR count). The first-order valence-corrected chi connectivity index (χ1v) is 6.32. The van der Waals surface area contributed by atoms with Gasteiger partial charge in [-0.3, -0.25) is 9.69 Å². The minimum Gasteiger partial charge on any atom is -0.508 e. The zero-order chi connectivity index (χ0) is 14.3. The van der Waals surface area contributed by atoms with Crippen LogP contribution in [0.15, 0.2) is 18.2 Å². The summed E-state index contributed by atoms with van der Waals surface area (Å²) in [5, 5.41) is 13.0. The molecule has 0 saturated carbocycles. The second kappa shape index (κ2) is 7.99. The third-order valence-electron chi connectivity index (χ3n) is 2.52. The first kappa shape index (κ1) is 15.8. The van der Waals surface area contributed by atoms with Gasteiger partial charge in [0, 0.05) is 30.8 Å². The lowest BCUT2D eigenvalue weighted by atomic mass is 10.2. The number of rotatable bonds is 7. The highest BCUT2D eigenvalue weighted by Crippen LogP contribution is 2.22. The third-order valence-corrected chi connectivity index (χ3v) is 2.76. The smallest absolute Gasteiger partial charge is 0.234 e. The van der Waals surface area contributed by atoms with Crippen molar-refractivity contribution >= 4 is 17.5 Å². The second-order valence-corrected chi connectivity index (χ2v) is 4.72. The van der Waals surface area contributed by atoms with Crippen LogP contribution in [0.2, 0.25) is 5.02 Å². The molecule has 0 aromatic heterocycles. The Morgan fingerprint density at radius 2 is 2.26 bits per heavy atom. The van der Waals surface area contributed by atoms with Gasteiger partial charge in [0.25, 0.3) is 0 Å². The molecule has 0 atom stereocenters. The van der Waals surface area contributed by atoms with E-state index in [1.165, 1.54) is 0 Å². The lowest BCUT2D eigenvalue weighted by molar-refractivity contribution is -0.122. The van der Waals surface area contributed by atoms with Crippen LogP contribution in [0.25, 0.3) is 0 Å².